The third-order valence-corrected chi connectivity index (χ3v) is 3.61. The molecular weight excluding hydrogens is 256 g/mol. The summed E-state index contributed by atoms with van der Waals surface area (Å²) in [6.45, 7) is 0. The van der Waals surface area contributed by atoms with Crippen LogP contribution in [0.15, 0.2) is 41.6 Å². The largest absolute Gasteiger partial charge is 0.383 e. The van der Waals surface area contributed by atoms with Crippen LogP contribution in [0.1, 0.15) is 18.4 Å². The molecule has 0 saturated carbocycles. The van der Waals surface area contributed by atoms with E-state index < -0.39 is 0 Å². The van der Waals surface area contributed by atoms with Gasteiger partial charge < -0.3 is 11.5 Å². The van der Waals surface area contributed by atoms with Gasteiger partial charge in [0.05, 0.1) is 0 Å². The molecule has 19 heavy (non-hydrogen) atoms. The molecule has 0 amide bonds. The summed E-state index contributed by atoms with van der Waals surface area (Å²) in [4.78, 5) is 8.28. The quantitative estimate of drug-likeness (QED) is 0.481. The van der Waals surface area contributed by atoms with Gasteiger partial charge >= 0.3 is 0 Å². The molecule has 0 saturated heterocycles. The predicted octanol–water partition coefficient (Wildman–Crippen LogP) is 2.76. The second-order valence-corrected chi connectivity index (χ2v) is 5.35. The Hall–Kier alpha value is -1.75. The van der Waals surface area contributed by atoms with Gasteiger partial charge in [-0.2, -0.15) is 0 Å². The fourth-order valence-electron chi connectivity index (χ4n) is 1.77. The summed E-state index contributed by atoms with van der Waals surface area (Å²) in [7, 11) is 0. The number of nitrogen functional groups attached to an aromatic ring is 2. The van der Waals surface area contributed by atoms with Crippen molar-refractivity contribution in [2.24, 2.45) is 0 Å². The molecule has 0 spiro atoms. The summed E-state index contributed by atoms with van der Waals surface area (Å²) in [5.74, 6) is 1.84. The smallest absolute Gasteiger partial charge is 0.191 e. The van der Waals surface area contributed by atoms with Crippen LogP contribution in [0.2, 0.25) is 0 Å². The molecule has 0 aliphatic heterocycles. The highest BCUT2D eigenvalue weighted by atomic mass is 32.2. The first-order valence-electron chi connectivity index (χ1n) is 6.31. The molecule has 1 heterocycles. The van der Waals surface area contributed by atoms with Gasteiger partial charge in [0, 0.05) is 11.8 Å². The number of hydrogen-bond acceptors (Lipinski definition) is 5. The number of nitrogens with two attached hydrogens (primary N) is 2. The second-order valence-electron chi connectivity index (χ2n) is 4.29. The highest BCUT2D eigenvalue weighted by Gasteiger charge is 2.01. The lowest BCUT2D eigenvalue weighted by atomic mass is 10.1. The first-order valence-corrected chi connectivity index (χ1v) is 7.29. The Morgan fingerprint density at radius 3 is 2.32 bits per heavy atom. The van der Waals surface area contributed by atoms with Crippen molar-refractivity contribution in [3.05, 3.63) is 42.0 Å². The van der Waals surface area contributed by atoms with Gasteiger partial charge in [-0.05, 0) is 24.8 Å². The summed E-state index contributed by atoms with van der Waals surface area (Å²) < 4.78 is 0. The molecule has 2 rings (SSSR count). The zero-order chi connectivity index (χ0) is 13.5. The van der Waals surface area contributed by atoms with Crippen LogP contribution in [0.4, 0.5) is 11.6 Å². The van der Waals surface area contributed by atoms with Crippen LogP contribution in [0.25, 0.3) is 0 Å². The van der Waals surface area contributed by atoms with Crippen molar-refractivity contribution < 1.29 is 0 Å². The number of thioether (sulfide) groups is 1. The Labute approximate surface area is 117 Å². The van der Waals surface area contributed by atoms with Crippen molar-refractivity contribution in [1.82, 2.24) is 9.97 Å². The Kier molecular flexibility index (Phi) is 5.03. The highest BCUT2D eigenvalue weighted by Crippen LogP contribution is 2.18. The topological polar surface area (TPSA) is 77.8 Å². The molecule has 2 aromatic rings. The molecule has 0 aliphatic carbocycles. The lowest BCUT2D eigenvalue weighted by Gasteiger charge is -2.03. The van der Waals surface area contributed by atoms with E-state index >= 15 is 0 Å². The monoisotopic (exact) mass is 274 g/mol. The molecule has 1 aromatic heterocycles. The van der Waals surface area contributed by atoms with Gasteiger partial charge in [0.1, 0.15) is 11.6 Å². The number of nitrogens with zero attached hydrogens (tertiary/aromatic N) is 2. The van der Waals surface area contributed by atoms with Gasteiger partial charge in [-0.3, -0.25) is 0 Å². The number of aromatic nitrogens is 2. The summed E-state index contributed by atoms with van der Waals surface area (Å²) in [5.41, 5.74) is 12.6. The molecule has 5 heteroatoms. The number of benzene rings is 1. The molecule has 1 aromatic carbocycles. The average molecular weight is 274 g/mol. The molecule has 0 aliphatic rings. The first-order chi connectivity index (χ1) is 9.24. The summed E-state index contributed by atoms with van der Waals surface area (Å²) in [5, 5.41) is 0.664. The number of hydrogen-bond donors (Lipinski definition) is 2. The maximum atomic E-state index is 5.62. The van der Waals surface area contributed by atoms with Crippen LogP contribution in [0.5, 0.6) is 0 Å². The van der Waals surface area contributed by atoms with E-state index in [0.29, 0.717) is 16.8 Å². The number of anilines is 2. The zero-order valence-corrected chi connectivity index (χ0v) is 11.6. The molecule has 4 N–H and O–H groups in total. The summed E-state index contributed by atoms with van der Waals surface area (Å²) in [6, 6.07) is 12.1. The second kappa shape index (κ2) is 6.99. The summed E-state index contributed by atoms with van der Waals surface area (Å²) in [6.07, 6.45) is 3.40. The fraction of sp³-hybridized carbons (Fsp3) is 0.286. The predicted molar refractivity (Wildman–Crippen MR) is 81.0 cm³/mol. The van der Waals surface area contributed by atoms with Crippen molar-refractivity contribution in [3.8, 4) is 0 Å². The Balaban J connectivity index is 1.69. The van der Waals surface area contributed by atoms with Crippen LogP contribution in [0.3, 0.4) is 0 Å². The lowest BCUT2D eigenvalue weighted by Crippen LogP contribution is -1.99. The van der Waals surface area contributed by atoms with Gasteiger partial charge in [0.25, 0.3) is 0 Å². The minimum Gasteiger partial charge on any atom is -0.383 e. The third kappa shape index (κ3) is 4.79. The van der Waals surface area contributed by atoms with Crippen LogP contribution < -0.4 is 11.5 Å². The van der Waals surface area contributed by atoms with Crippen LogP contribution in [-0.4, -0.2) is 15.7 Å². The molecular formula is C14H18N4S. The van der Waals surface area contributed by atoms with Gasteiger partial charge in [-0.1, -0.05) is 42.1 Å². The maximum absolute atomic E-state index is 5.62. The first kappa shape index (κ1) is 13.7. The normalized spacial score (nSPS) is 10.5. The molecule has 0 unspecified atom stereocenters. The van der Waals surface area contributed by atoms with Gasteiger partial charge in [0.15, 0.2) is 5.16 Å². The van der Waals surface area contributed by atoms with E-state index in [1.165, 1.54) is 5.56 Å². The zero-order valence-electron chi connectivity index (χ0n) is 10.7. The van der Waals surface area contributed by atoms with E-state index in [-0.39, 0.29) is 0 Å². The van der Waals surface area contributed by atoms with E-state index in [0.717, 1.165) is 25.0 Å². The third-order valence-electron chi connectivity index (χ3n) is 2.68. The molecule has 100 valence electrons. The Bertz CT molecular complexity index is 496. The SMILES string of the molecule is Nc1cc(N)nc(SCCCCc2ccccc2)n1. The van der Waals surface area contributed by atoms with Gasteiger partial charge in [-0.15, -0.1) is 0 Å². The highest BCUT2D eigenvalue weighted by molar-refractivity contribution is 7.99. The van der Waals surface area contributed by atoms with Crippen molar-refractivity contribution in [2.45, 2.75) is 24.4 Å². The van der Waals surface area contributed by atoms with Crippen molar-refractivity contribution in [3.63, 3.8) is 0 Å². The maximum Gasteiger partial charge on any atom is 0.191 e. The van der Waals surface area contributed by atoms with Crippen LogP contribution >= 0.6 is 11.8 Å². The number of unbranched alkanes of at least 4 members (excludes halogenated alkanes) is 1. The van der Waals surface area contributed by atoms with Gasteiger partial charge in [-0.25, -0.2) is 9.97 Å². The van der Waals surface area contributed by atoms with E-state index in [1.807, 2.05) is 6.07 Å². The summed E-state index contributed by atoms with van der Waals surface area (Å²) >= 11 is 1.60. The average Bonchev–Trinajstić information content (AvgIpc) is 2.38. The molecule has 4 nitrogen and oxygen atoms in total. The van der Waals surface area contributed by atoms with Crippen molar-refractivity contribution in [2.75, 3.05) is 17.2 Å². The minimum atomic E-state index is 0.430. The van der Waals surface area contributed by atoms with Gasteiger partial charge in [0.2, 0.25) is 0 Å². The number of rotatable bonds is 6. The Morgan fingerprint density at radius 1 is 0.947 bits per heavy atom. The standard InChI is InChI=1S/C14H18N4S/c15-12-10-13(16)18-14(17-12)19-9-5-4-8-11-6-2-1-3-7-11/h1-3,6-7,10H,4-5,8-9H2,(H4,15,16,17,18). The van der Waals surface area contributed by atoms with Crippen molar-refractivity contribution in [1.29, 1.82) is 0 Å². The van der Waals surface area contributed by atoms with E-state index in [9.17, 15) is 0 Å². The molecule has 0 radical (unpaired) electrons. The van der Waals surface area contributed by atoms with Crippen LogP contribution in [-0.2, 0) is 6.42 Å². The van der Waals surface area contributed by atoms with E-state index in [1.54, 1.807) is 17.8 Å². The molecule has 0 atom stereocenters. The fourth-order valence-corrected chi connectivity index (χ4v) is 2.64. The van der Waals surface area contributed by atoms with Crippen LogP contribution in [0, 0.1) is 0 Å². The van der Waals surface area contributed by atoms with E-state index in [2.05, 4.69) is 34.2 Å². The lowest BCUT2D eigenvalue weighted by molar-refractivity contribution is 0.800. The Morgan fingerprint density at radius 2 is 1.63 bits per heavy atom. The minimum absolute atomic E-state index is 0.430. The molecule has 0 fully saturated rings. The molecule has 0 bridgehead atoms. The van der Waals surface area contributed by atoms with E-state index in [4.69, 9.17) is 11.5 Å². The van der Waals surface area contributed by atoms with Crippen molar-refractivity contribution >= 4 is 23.4 Å². The number of aryl methyl sites for hydroxylation is 1.